The Bertz CT molecular complexity index is 979. The minimum absolute atomic E-state index is 0.0484. The van der Waals surface area contributed by atoms with E-state index < -0.39 is 0 Å². The number of aryl methyl sites for hydroxylation is 1. The molecule has 142 valence electrons. The highest BCUT2D eigenvalue weighted by Crippen LogP contribution is 2.34. The quantitative estimate of drug-likeness (QED) is 0.717. The summed E-state index contributed by atoms with van der Waals surface area (Å²) in [5, 5.41) is 0. The summed E-state index contributed by atoms with van der Waals surface area (Å²) in [5.41, 5.74) is 5.54. The average molecular weight is 367 g/mol. The number of hydrogen-bond acceptors (Lipinski definition) is 3. The van der Waals surface area contributed by atoms with Gasteiger partial charge in [0.2, 0.25) is 0 Å². The number of nitrogens with zero attached hydrogens (tertiary/aromatic N) is 2. The summed E-state index contributed by atoms with van der Waals surface area (Å²) in [6.07, 6.45) is 2.69. The van der Waals surface area contributed by atoms with Gasteiger partial charge in [0.25, 0.3) is 0 Å². The number of hydrogen-bond donors (Lipinski definition) is 1. The number of imidazole rings is 1. The van der Waals surface area contributed by atoms with E-state index in [0.717, 1.165) is 35.3 Å². The Morgan fingerprint density at radius 2 is 2.11 bits per heavy atom. The van der Waals surface area contributed by atoms with Gasteiger partial charge >= 0.3 is 0 Å². The van der Waals surface area contributed by atoms with E-state index in [4.69, 9.17) is 9.72 Å². The fourth-order valence-electron chi connectivity index (χ4n) is 3.81. The van der Waals surface area contributed by atoms with Gasteiger partial charge in [-0.15, -0.1) is 0 Å². The molecule has 0 saturated heterocycles. The Morgan fingerprint density at radius 1 is 1.30 bits per heavy atom. The van der Waals surface area contributed by atoms with Gasteiger partial charge in [0, 0.05) is 30.8 Å². The first kappa shape index (κ1) is 17.8. The maximum atomic E-state index is 14.3. The van der Waals surface area contributed by atoms with Gasteiger partial charge in [0.05, 0.1) is 17.1 Å². The molecule has 0 saturated carbocycles. The molecule has 5 heteroatoms. The Labute approximate surface area is 159 Å². The third-order valence-electron chi connectivity index (χ3n) is 5.37. The van der Waals surface area contributed by atoms with Gasteiger partial charge in [-0.1, -0.05) is 6.07 Å². The first-order chi connectivity index (χ1) is 12.9. The maximum absolute atomic E-state index is 14.3. The zero-order chi connectivity index (χ0) is 19.1. The van der Waals surface area contributed by atoms with E-state index >= 15 is 0 Å². The highest BCUT2D eigenvalue weighted by atomic mass is 19.1. The monoisotopic (exact) mass is 367 g/mol. The standard InChI is InChI=1S/C22H26FN3O/c1-13(2)27-20-10-6-15(11-17(20)23)12-21-24-18-8-9-19-16(22(18)25-21)7-5-14(3)26(19)4/h6,8-11,13-14H,5,7,12H2,1-4H3,(H,24,25). The second-order valence-electron chi connectivity index (χ2n) is 7.75. The van der Waals surface area contributed by atoms with Crippen molar-refractivity contribution in [1.29, 1.82) is 0 Å². The van der Waals surface area contributed by atoms with Crippen molar-refractivity contribution >= 4 is 16.7 Å². The molecule has 0 radical (unpaired) electrons. The lowest BCUT2D eigenvalue weighted by Crippen LogP contribution is -2.33. The molecular weight excluding hydrogens is 341 g/mol. The molecule has 4 nitrogen and oxygen atoms in total. The first-order valence-electron chi connectivity index (χ1n) is 9.60. The second-order valence-corrected chi connectivity index (χ2v) is 7.75. The molecule has 1 aromatic heterocycles. The number of aromatic amines is 1. The van der Waals surface area contributed by atoms with E-state index in [9.17, 15) is 4.39 Å². The highest BCUT2D eigenvalue weighted by molar-refractivity contribution is 5.85. The summed E-state index contributed by atoms with van der Waals surface area (Å²) in [6, 6.07) is 9.95. The van der Waals surface area contributed by atoms with Gasteiger partial charge in [-0.3, -0.25) is 0 Å². The number of rotatable bonds is 4. The fourth-order valence-corrected chi connectivity index (χ4v) is 3.81. The average Bonchev–Trinajstić information content (AvgIpc) is 3.03. The molecule has 0 aliphatic carbocycles. The van der Waals surface area contributed by atoms with Crippen LogP contribution in [0.2, 0.25) is 0 Å². The van der Waals surface area contributed by atoms with Crippen LogP contribution >= 0.6 is 0 Å². The molecule has 0 amide bonds. The van der Waals surface area contributed by atoms with Crippen molar-refractivity contribution in [3.8, 4) is 5.75 Å². The molecule has 1 unspecified atom stereocenters. The Hall–Kier alpha value is -2.56. The molecule has 3 aromatic rings. The summed E-state index contributed by atoms with van der Waals surface area (Å²) >= 11 is 0. The van der Waals surface area contributed by atoms with E-state index in [1.165, 1.54) is 17.3 Å². The van der Waals surface area contributed by atoms with Crippen LogP contribution in [0.5, 0.6) is 5.75 Å². The minimum Gasteiger partial charge on any atom is -0.488 e. The molecule has 0 spiro atoms. The van der Waals surface area contributed by atoms with Crippen LogP contribution in [0.25, 0.3) is 11.0 Å². The molecule has 0 bridgehead atoms. The van der Waals surface area contributed by atoms with Gasteiger partial charge in [-0.25, -0.2) is 9.37 Å². The number of halogens is 1. The van der Waals surface area contributed by atoms with Crippen molar-refractivity contribution in [2.45, 2.75) is 52.2 Å². The molecule has 1 atom stereocenters. The maximum Gasteiger partial charge on any atom is 0.165 e. The number of benzene rings is 2. The van der Waals surface area contributed by atoms with Crippen LogP contribution in [0.15, 0.2) is 30.3 Å². The number of ether oxygens (including phenoxy) is 1. The highest BCUT2D eigenvalue weighted by Gasteiger charge is 2.23. The van der Waals surface area contributed by atoms with Crippen LogP contribution in [-0.4, -0.2) is 29.2 Å². The number of H-pyrrole nitrogens is 1. The molecule has 4 rings (SSSR count). The minimum atomic E-state index is -0.328. The van der Waals surface area contributed by atoms with Gasteiger partial charge in [0.15, 0.2) is 11.6 Å². The van der Waals surface area contributed by atoms with E-state index in [-0.39, 0.29) is 11.9 Å². The number of nitrogens with one attached hydrogen (secondary N) is 1. The molecule has 2 heterocycles. The first-order valence-corrected chi connectivity index (χ1v) is 9.60. The molecule has 1 aliphatic rings. The van der Waals surface area contributed by atoms with E-state index in [1.807, 2.05) is 19.9 Å². The second kappa shape index (κ2) is 6.87. The third-order valence-corrected chi connectivity index (χ3v) is 5.37. The van der Waals surface area contributed by atoms with E-state index in [2.05, 4.69) is 36.0 Å². The summed E-state index contributed by atoms with van der Waals surface area (Å²) in [7, 11) is 2.14. The SMILES string of the molecule is CC(C)Oc1ccc(Cc2nc3c4c(ccc3[nH]2)N(C)C(C)CC4)cc1F. The van der Waals surface area contributed by atoms with Crippen molar-refractivity contribution in [2.24, 2.45) is 0 Å². The summed E-state index contributed by atoms with van der Waals surface area (Å²) in [6.45, 7) is 6.03. The van der Waals surface area contributed by atoms with Crippen LogP contribution in [0, 0.1) is 5.82 Å². The van der Waals surface area contributed by atoms with Crippen molar-refractivity contribution < 1.29 is 9.13 Å². The summed E-state index contributed by atoms with van der Waals surface area (Å²) in [4.78, 5) is 10.6. The molecule has 2 aromatic carbocycles. The van der Waals surface area contributed by atoms with E-state index in [1.54, 1.807) is 6.07 Å². The van der Waals surface area contributed by atoms with Crippen molar-refractivity contribution in [1.82, 2.24) is 9.97 Å². The lowest BCUT2D eigenvalue weighted by molar-refractivity contribution is 0.231. The third kappa shape index (κ3) is 3.38. The summed E-state index contributed by atoms with van der Waals surface area (Å²) < 4.78 is 19.7. The summed E-state index contributed by atoms with van der Waals surface area (Å²) in [5.74, 6) is 0.825. The van der Waals surface area contributed by atoms with Crippen LogP contribution in [-0.2, 0) is 12.8 Å². The smallest absolute Gasteiger partial charge is 0.165 e. The predicted molar refractivity (Wildman–Crippen MR) is 107 cm³/mol. The zero-order valence-corrected chi connectivity index (χ0v) is 16.3. The van der Waals surface area contributed by atoms with Gasteiger partial charge < -0.3 is 14.6 Å². The Morgan fingerprint density at radius 3 is 2.85 bits per heavy atom. The zero-order valence-electron chi connectivity index (χ0n) is 16.3. The topological polar surface area (TPSA) is 41.1 Å². The molecule has 0 fully saturated rings. The van der Waals surface area contributed by atoms with Crippen LogP contribution < -0.4 is 9.64 Å². The Kier molecular flexibility index (Phi) is 4.54. The molecule has 1 N–H and O–H groups in total. The van der Waals surface area contributed by atoms with E-state index in [0.29, 0.717) is 18.2 Å². The number of fused-ring (bicyclic) bond motifs is 3. The lowest BCUT2D eigenvalue weighted by atomic mass is 9.96. The van der Waals surface area contributed by atoms with Crippen LogP contribution in [0.3, 0.4) is 0 Å². The van der Waals surface area contributed by atoms with Crippen molar-refractivity contribution in [3.63, 3.8) is 0 Å². The van der Waals surface area contributed by atoms with Gasteiger partial charge in [-0.2, -0.15) is 0 Å². The van der Waals surface area contributed by atoms with Gasteiger partial charge in [0.1, 0.15) is 5.82 Å². The predicted octanol–water partition coefficient (Wildman–Crippen LogP) is 4.85. The van der Waals surface area contributed by atoms with Gasteiger partial charge in [-0.05, 0) is 63.4 Å². The van der Waals surface area contributed by atoms with Crippen molar-refractivity contribution in [2.75, 3.05) is 11.9 Å². The fraction of sp³-hybridized carbons (Fsp3) is 0.409. The largest absolute Gasteiger partial charge is 0.488 e. The van der Waals surface area contributed by atoms with Crippen LogP contribution in [0.4, 0.5) is 10.1 Å². The normalized spacial score (nSPS) is 16.8. The molecular formula is C22H26FN3O. The molecule has 1 aliphatic heterocycles. The Balaban J connectivity index is 1.63. The van der Waals surface area contributed by atoms with Crippen molar-refractivity contribution in [3.05, 3.63) is 53.1 Å². The number of anilines is 1. The lowest BCUT2D eigenvalue weighted by Gasteiger charge is -2.33. The van der Waals surface area contributed by atoms with Crippen LogP contribution in [0.1, 0.15) is 44.1 Å². The number of aromatic nitrogens is 2. The molecule has 27 heavy (non-hydrogen) atoms.